The van der Waals surface area contributed by atoms with Crippen LogP contribution >= 0.6 is 7.68 Å². The Labute approximate surface area is 61.8 Å². The fourth-order valence-corrected chi connectivity index (χ4v) is 116. The molecule has 7 heteroatoms. The predicted molar refractivity (Wildman–Crippen MR) is 62.4 cm³/mol. The lowest BCUT2D eigenvalue weighted by Gasteiger charge is -1.88. The summed E-state index contributed by atoms with van der Waals surface area (Å²) < 4.78 is 0. The Hall–Kier alpha value is 1.73. The summed E-state index contributed by atoms with van der Waals surface area (Å²) in [7, 11) is 8.06. The first-order valence-electron chi connectivity index (χ1n) is 3.12. The van der Waals surface area contributed by atoms with Crippen molar-refractivity contribution in [3.05, 3.63) is 0 Å². The maximum atomic E-state index is 1.70. The first kappa shape index (κ1) is 8.73. The lowest BCUT2D eigenvalue weighted by atomic mass is 26.5. The number of hydrogen-bond acceptors (Lipinski definition) is 0. The van der Waals surface area contributed by atoms with Crippen LogP contribution < -0.4 is 0 Å². The summed E-state index contributed by atoms with van der Waals surface area (Å²) in [5.74, 6) is 0. The van der Waals surface area contributed by atoms with Crippen LogP contribution in [-0.4, -0.2) is 54.0 Å². The second-order valence-corrected chi connectivity index (χ2v) is 47.2. The van der Waals surface area contributed by atoms with Gasteiger partial charge in [-0.3, -0.25) is 0 Å². The molecule has 0 aliphatic carbocycles. The average molecular weight is 215 g/mol. The molecule has 0 radical (unpaired) electrons. The van der Waals surface area contributed by atoms with Crippen molar-refractivity contribution in [2.24, 2.45) is 0 Å². The first-order chi connectivity index (χ1) is 3.41. The zero-order valence-corrected chi connectivity index (χ0v) is 16.0. The van der Waals surface area contributed by atoms with Gasteiger partial charge in [-0.15, -0.1) is 0 Å². The Morgan fingerprint density at radius 3 is 1.71 bits per heavy atom. The smallest absolute Gasteiger partial charge is 0.0242 e. The topological polar surface area (TPSA) is 0 Å². The van der Waals surface area contributed by atoms with E-state index in [9.17, 15) is 0 Å². The van der Waals surface area contributed by atoms with Crippen molar-refractivity contribution in [3.63, 3.8) is 0 Å². The van der Waals surface area contributed by atoms with Crippen LogP contribution in [0.1, 0.15) is 0 Å². The van der Waals surface area contributed by atoms with Crippen molar-refractivity contribution in [1.82, 2.24) is 0 Å². The molecule has 0 fully saturated rings. The number of hydrogen-bond donors (Lipinski definition) is 0. The van der Waals surface area contributed by atoms with E-state index in [4.69, 9.17) is 0 Å². The third kappa shape index (κ3) is 7.73. The third-order valence-corrected chi connectivity index (χ3v) is 69.1. The van der Waals surface area contributed by atoms with Gasteiger partial charge in [-0.1, -0.05) is 0 Å². The summed E-state index contributed by atoms with van der Waals surface area (Å²) in [6.45, 7) is 0. The van der Waals surface area contributed by atoms with E-state index in [2.05, 4.69) is 0 Å². The fourth-order valence-electron chi connectivity index (χ4n) is 0.479. The molecule has 44 valence electrons. The standard InChI is InChI=1S/H15PSi6/c2-6-4-1-5-7-3/h1H,4-7H2,2-3H3. The SMILES string of the molecule is [SiH3][SiH2][SiH2]P[SiH2][SiH2][SiH3]. The molecule has 7 heavy (non-hydrogen) atoms. The maximum Gasteiger partial charge on any atom is 0.0242 e. The molecule has 0 spiro atoms. The van der Waals surface area contributed by atoms with Gasteiger partial charge in [0.05, 0.1) is 0 Å². The highest BCUT2D eigenvalue weighted by molar-refractivity contribution is 8.06. The van der Waals surface area contributed by atoms with E-state index in [1.54, 1.807) is 27.2 Å². The summed E-state index contributed by atoms with van der Waals surface area (Å²) in [5.41, 5.74) is 0. The lowest BCUT2D eigenvalue weighted by Crippen LogP contribution is -2.03. The predicted octanol–water partition coefficient (Wildman–Crippen LogP) is -5.44. The second-order valence-electron chi connectivity index (χ2n) is 1.75. The quantitative estimate of drug-likeness (QED) is 0.249. The summed E-state index contributed by atoms with van der Waals surface area (Å²) in [4.78, 5) is 0. The van der Waals surface area contributed by atoms with Crippen LogP contribution in [0.5, 0.6) is 0 Å². The van der Waals surface area contributed by atoms with Gasteiger partial charge in [-0.25, -0.2) is 0 Å². The summed E-state index contributed by atoms with van der Waals surface area (Å²) in [5, 5.41) is 0. The largest absolute Gasteiger partial charge is 0.163 e. The van der Waals surface area contributed by atoms with Gasteiger partial charge in [0.25, 0.3) is 0 Å². The molecule has 0 aromatic carbocycles. The molecule has 0 aliphatic heterocycles. The fraction of sp³-hybridized carbons (Fsp3) is 0. The Morgan fingerprint density at radius 1 is 1.00 bits per heavy atom. The highest BCUT2D eigenvalue weighted by Gasteiger charge is 1.82. The van der Waals surface area contributed by atoms with E-state index in [1.165, 1.54) is 0 Å². The van der Waals surface area contributed by atoms with Crippen LogP contribution in [0, 0.1) is 0 Å². The van der Waals surface area contributed by atoms with E-state index < -0.39 is 0 Å². The van der Waals surface area contributed by atoms with Crippen molar-refractivity contribution in [2.75, 3.05) is 0 Å². The van der Waals surface area contributed by atoms with E-state index >= 15 is 0 Å². The molecule has 0 saturated carbocycles. The molecule has 0 nitrogen and oxygen atoms in total. The van der Waals surface area contributed by atoms with Crippen LogP contribution in [0.15, 0.2) is 0 Å². The highest BCUT2D eigenvalue weighted by Crippen LogP contribution is 1.96. The molecule has 0 rings (SSSR count). The molecule has 0 unspecified atom stereocenters. The van der Waals surface area contributed by atoms with E-state index in [1.807, 2.05) is 0 Å². The number of rotatable bonds is 4. The molecule has 0 atom stereocenters. The molecule has 0 amide bonds. The van der Waals surface area contributed by atoms with Gasteiger partial charge in [-0.2, -0.15) is 7.68 Å². The van der Waals surface area contributed by atoms with Gasteiger partial charge in [0.1, 0.15) is 0 Å². The minimum absolute atomic E-state index is 0.756. The average Bonchev–Trinajstić information content (AvgIpc) is 1.69. The molecular formula is H15PSi6. The Bertz CT molecular complexity index is 23.4. The summed E-state index contributed by atoms with van der Waals surface area (Å²) in [6, 6.07) is 0. The van der Waals surface area contributed by atoms with Crippen molar-refractivity contribution in [1.29, 1.82) is 0 Å². The normalized spacial score (nSPS) is 18.9. The molecule has 0 heterocycles. The van der Waals surface area contributed by atoms with Crippen LogP contribution in [0.2, 0.25) is 0 Å². The van der Waals surface area contributed by atoms with Crippen molar-refractivity contribution >= 4 is 61.7 Å². The molecule has 0 aliphatic rings. The Balaban J connectivity index is 2.45. The molecule has 0 bridgehead atoms. The third-order valence-electron chi connectivity index (χ3n) is 0.854. The zero-order valence-electron chi connectivity index (χ0n) is 5.33. The zero-order chi connectivity index (χ0) is 5.54. The van der Waals surface area contributed by atoms with Gasteiger partial charge in [0.2, 0.25) is 0 Å². The maximum absolute atomic E-state index is 1.70. The molecule has 0 aromatic rings. The first-order valence-corrected chi connectivity index (χ1v) is 28.1. The lowest BCUT2D eigenvalue weighted by molar-refractivity contribution is 4.10. The summed E-state index contributed by atoms with van der Waals surface area (Å²) >= 11 is 0. The van der Waals surface area contributed by atoms with Gasteiger partial charge in [-0.05, 0) is 36.6 Å². The van der Waals surface area contributed by atoms with Gasteiger partial charge in [0, 0.05) is 17.4 Å². The minimum Gasteiger partial charge on any atom is -0.163 e. The minimum atomic E-state index is 0.756. The van der Waals surface area contributed by atoms with Crippen molar-refractivity contribution in [3.8, 4) is 0 Å². The monoisotopic (exact) mass is 214 g/mol. The van der Waals surface area contributed by atoms with E-state index in [0.29, 0.717) is 0 Å². The van der Waals surface area contributed by atoms with Crippen molar-refractivity contribution < 1.29 is 0 Å². The Kier molecular flexibility index (Phi) is 9.64. The van der Waals surface area contributed by atoms with Crippen molar-refractivity contribution in [2.45, 2.75) is 0 Å². The summed E-state index contributed by atoms with van der Waals surface area (Å²) in [6.07, 6.45) is 0. The van der Waals surface area contributed by atoms with Gasteiger partial charge in [0.15, 0.2) is 0 Å². The molecule has 0 N–H and O–H groups in total. The van der Waals surface area contributed by atoms with Gasteiger partial charge < -0.3 is 0 Å². The molecule has 0 aromatic heterocycles. The van der Waals surface area contributed by atoms with Gasteiger partial charge >= 0.3 is 0 Å². The van der Waals surface area contributed by atoms with E-state index in [0.717, 1.165) is 34.5 Å². The van der Waals surface area contributed by atoms with Crippen LogP contribution in [0.4, 0.5) is 0 Å². The molecular weight excluding hydrogens is 199 g/mol. The Morgan fingerprint density at radius 2 is 1.43 bits per heavy atom. The highest BCUT2D eigenvalue weighted by atomic mass is 31.6. The van der Waals surface area contributed by atoms with E-state index in [-0.39, 0.29) is 0 Å². The molecule has 0 saturated heterocycles. The van der Waals surface area contributed by atoms with Crippen LogP contribution in [-0.2, 0) is 0 Å². The van der Waals surface area contributed by atoms with Crippen LogP contribution in [0.25, 0.3) is 0 Å². The van der Waals surface area contributed by atoms with Crippen LogP contribution in [0.3, 0.4) is 0 Å². The second kappa shape index (κ2) is 7.73.